The minimum Gasteiger partial charge on any atom is -0.342 e. The Hall–Kier alpha value is -2.76. The first-order chi connectivity index (χ1) is 14.2. The Bertz CT molecular complexity index is 1080. The Balaban J connectivity index is 1.83. The third-order valence-electron chi connectivity index (χ3n) is 6.02. The fraction of sp³-hybridized carbons (Fsp3) is 0.417. The second-order valence-electron chi connectivity index (χ2n) is 8.47. The zero-order chi connectivity index (χ0) is 21.5. The third kappa shape index (κ3) is 3.95. The monoisotopic (exact) mass is 411 g/mol. The summed E-state index contributed by atoms with van der Waals surface area (Å²) in [6, 6.07) is 12.1. The molecule has 0 aliphatic carbocycles. The zero-order valence-corrected chi connectivity index (χ0v) is 17.7. The van der Waals surface area contributed by atoms with Crippen LogP contribution in [0.3, 0.4) is 0 Å². The maximum absolute atomic E-state index is 14.2. The van der Waals surface area contributed by atoms with E-state index in [2.05, 4.69) is 11.8 Å². The summed E-state index contributed by atoms with van der Waals surface area (Å²) < 4.78 is 30.5. The van der Waals surface area contributed by atoms with E-state index in [1.807, 2.05) is 10.6 Å². The predicted octanol–water partition coefficient (Wildman–Crippen LogP) is 5.64. The molecule has 0 spiro atoms. The first-order valence-corrected chi connectivity index (χ1v) is 10.5. The highest BCUT2D eigenvalue weighted by molar-refractivity contribution is 5.97. The van der Waals surface area contributed by atoms with Crippen molar-refractivity contribution >= 4 is 22.8 Å². The summed E-state index contributed by atoms with van der Waals surface area (Å²) in [5.74, 6) is -1.49. The van der Waals surface area contributed by atoms with Gasteiger partial charge in [-0.2, -0.15) is 0 Å². The Morgan fingerprint density at radius 3 is 2.53 bits per heavy atom. The number of alkyl halides is 2. The number of piperidine rings is 1. The standard InChI is InChI=1S/C24H27F2N3O/c1-16-10-12-28(13-11-16)23-27-21-14-18(17(2)30)8-9-22(21)29(23)15-19-6-4-5-7-20(19)24(3,25)26/h4-9,14,16H,10-13,15H2,1-3H3. The van der Waals surface area contributed by atoms with Gasteiger partial charge in [-0.15, -0.1) is 0 Å². The van der Waals surface area contributed by atoms with Crippen molar-refractivity contribution in [3.63, 3.8) is 0 Å². The van der Waals surface area contributed by atoms with Crippen molar-refractivity contribution in [1.82, 2.24) is 9.55 Å². The van der Waals surface area contributed by atoms with Crippen molar-refractivity contribution in [2.24, 2.45) is 5.92 Å². The number of aromatic nitrogens is 2. The summed E-state index contributed by atoms with van der Waals surface area (Å²) >= 11 is 0. The average molecular weight is 411 g/mol. The lowest BCUT2D eigenvalue weighted by atomic mass is 9.99. The SMILES string of the molecule is CC(=O)c1ccc2c(c1)nc(N1CCC(C)CC1)n2Cc1ccccc1C(C)(F)F. The summed E-state index contributed by atoms with van der Waals surface area (Å²) in [7, 11) is 0. The molecule has 158 valence electrons. The van der Waals surface area contributed by atoms with Crippen molar-refractivity contribution in [1.29, 1.82) is 0 Å². The molecule has 0 saturated carbocycles. The Labute approximate surface area is 175 Å². The van der Waals surface area contributed by atoms with Crippen LogP contribution in [0.15, 0.2) is 42.5 Å². The van der Waals surface area contributed by atoms with Crippen LogP contribution in [-0.4, -0.2) is 28.4 Å². The van der Waals surface area contributed by atoms with Gasteiger partial charge in [0.1, 0.15) is 0 Å². The second kappa shape index (κ2) is 7.82. The van der Waals surface area contributed by atoms with Gasteiger partial charge in [0.05, 0.1) is 17.6 Å². The number of ketones is 1. The van der Waals surface area contributed by atoms with E-state index in [1.54, 1.807) is 30.3 Å². The zero-order valence-electron chi connectivity index (χ0n) is 17.7. The number of anilines is 1. The molecule has 2 heterocycles. The average Bonchev–Trinajstić information content (AvgIpc) is 3.06. The Morgan fingerprint density at radius 1 is 1.17 bits per heavy atom. The molecule has 6 heteroatoms. The summed E-state index contributed by atoms with van der Waals surface area (Å²) in [5.41, 5.74) is 2.78. The highest BCUT2D eigenvalue weighted by Gasteiger charge is 2.28. The third-order valence-corrected chi connectivity index (χ3v) is 6.02. The number of carbonyl (C=O) groups excluding carboxylic acids is 1. The molecule has 0 radical (unpaired) electrons. The molecular formula is C24H27F2N3O. The molecule has 4 rings (SSSR count). The maximum Gasteiger partial charge on any atom is 0.270 e. The summed E-state index contributed by atoms with van der Waals surface area (Å²) in [5, 5.41) is 0. The van der Waals surface area contributed by atoms with E-state index in [4.69, 9.17) is 4.98 Å². The van der Waals surface area contributed by atoms with Gasteiger partial charge in [-0.1, -0.05) is 31.2 Å². The number of hydrogen-bond acceptors (Lipinski definition) is 3. The van der Waals surface area contributed by atoms with Crippen LogP contribution >= 0.6 is 0 Å². The lowest BCUT2D eigenvalue weighted by Crippen LogP contribution is -2.35. The number of Topliss-reactive ketones (excluding diaryl/α,β-unsaturated/α-hetero) is 1. The molecule has 1 aromatic heterocycles. The summed E-state index contributed by atoms with van der Waals surface area (Å²) in [4.78, 5) is 18.9. The molecule has 0 unspecified atom stereocenters. The minimum atomic E-state index is -2.92. The van der Waals surface area contributed by atoms with Crippen LogP contribution in [0.5, 0.6) is 0 Å². The maximum atomic E-state index is 14.2. The lowest BCUT2D eigenvalue weighted by molar-refractivity contribution is 0.0165. The predicted molar refractivity (Wildman–Crippen MR) is 115 cm³/mol. The van der Waals surface area contributed by atoms with E-state index in [9.17, 15) is 13.6 Å². The van der Waals surface area contributed by atoms with Crippen LogP contribution in [0.1, 0.15) is 55.1 Å². The number of nitrogens with zero attached hydrogens (tertiary/aromatic N) is 3. The van der Waals surface area contributed by atoms with Crippen molar-refractivity contribution in [3.8, 4) is 0 Å². The first-order valence-electron chi connectivity index (χ1n) is 10.5. The number of benzene rings is 2. The minimum absolute atomic E-state index is 0.0178. The number of fused-ring (bicyclic) bond motifs is 1. The molecule has 1 saturated heterocycles. The van der Waals surface area contributed by atoms with E-state index in [0.29, 0.717) is 23.6 Å². The molecule has 0 N–H and O–H groups in total. The molecule has 2 aromatic carbocycles. The summed E-state index contributed by atoms with van der Waals surface area (Å²) in [6.45, 7) is 6.79. The van der Waals surface area contributed by atoms with Crippen LogP contribution in [-0.2, 0) is 12.5 Å². The van der Waals surface area contributed by atoms with Crippen LogP contribution < -0.4 is 4.90 Å². The van der Waals surface area contributed by atoms with Gasteiger partial charge in [0.25, 0.3) is 5.92 Å². The van der Waals surface area contributed by atoms with Crippen molar-refractivity contribution < 1.29 is 13.6 Å². The molecule has 1 aliphatic heterocycles. The Morgan fingerprint density at radius 2 is 1.87 bits per heavy atom. The van der Waals surface area contributed by atoms with Crippen molar-refractivity contribution in [2.45, 2.75) is 46.1 Å². The molecule has 1 aliphatic rings. The fourth-order valence-electron chi connectivity index (χ4n) is 4.20. The number of halogens is 2. The van der Waals surface area contributed by atoms with Crippen molar-refractivity contribution in [3.05, 3.63) is 59.2 Å². The first kappa shape index (κ1) is 20.5. The molecule has 3 aromatic rings. The molecule has 0 atom stereocenters. The van der Waals surface area contributed by atoms with E-state index < -0.39 is 5.92 Å². The van der Waals surface area contributed by atoms with Gasteiger partial charge in [-0.05, 0) is 49.4 Å². The second-order valence-corrected chi connectivity index (χ2v) is 8.47. The number of carbonyl (C=O) groups is 1. The largest absolute Gasteiger partial charge is 0.342 e. The lowest BCUT2D eigenvalue weighted by Gasteiger charge is -2.31. The quantitative estimate of drug-likeness (QED) is 0.510. The van der Waals surface area contributed by atoms with E-state index >= 15 is 0 Å². The van der Waals surface area contributed by atoms with Crippen LogP contribution in [0.2, 0.25) is 0 Å². The van der Waals surface area contributed by atoms with Crippen LogP contribution in [0.4, 0.5) is 14.7 Å². The van der Waals surface area contributed by atoms with Gasteiger partial charge in [0, 0.05) is 31.1 Å². The van der Waals surface area contributed by atoms with Gasteiger partial charge in [-0.25, -0.2) is 13.8 Å². The highest BCUT2D eigenvalue weighted by Crippen LogP contribution is 2.33. The van der Waals surface area contributed by atoms with Crippen molar-refractivity contribution in [2.75, 3.05) is 18.0 Å². The molecular weight excluding hydrogens is 384 g/mol. The smallest absolute Gasteiger partial charge is 0.270 e. The van der Waals surface area contributed by atoms with E-state index in [0.717, 1.165) is 49.8 Å². The molecule has 1 fully saturated rings. The van der Waals surface area contributed by atoms with Gasteiger partial charge in [0.2, 0.25) is 5.95 Å². The normalized spacial score (nSPS) is 15.7. The van der Waals surface area contributed by atoms with Gasteiger partial charge in [0.15, 0.2) is 5.78 Å². The van der Waals surface area contributed by atoms with Gasteiger partial charge < -0.3 is 9.47 Å². The number of rotatable bonds is 5. The highest BCUT2D eigenvalue weighted by atomic mass is 19.3. The number of hydrogen-bond donors (Lipinski definition) is 0. The molecule has 4 nitrogen and oxygen atoms in total. The van der Waals surface area contributed by atoms with Crippen LogP contribution in [0.25, 0.3) is 11.0 Å². The Kier molecular flexibility index (Phi) is 5.35. The fourth-order valence-corrected chi connectivity index (χ4v) is 4.20. The molecule has 0 bridgehead atoms. The topological polar surface area (TPSA) is 38.1 Å². The summed E-state index contributed by atoms with van der Waals surface area (Å²) in [6.07, 6.45) is 2.15. The van der Waals surface area contributed by atoms with Gasteiger partial charge >= 0.3 is 0 Å². The number of imidazole rings is 1. The van der Waals surface area contributed by atoms with E-state index in [1.165, 1.54) is 13.0 Å². The van der Waals surface area contributed by atoms with E-state index in [-0.39, 0.29) is 11.3 Å². The molecule has 30 heavy (non-hydrogen) atoms. The van der Waals surface area contributed by atoms with Gasteiger partial charge in [-0.3, -0.25) is 4.79 Å². The molecule has 0 amide bonds. The van der Waals surface area contributed by atoms with Crippen LogP contribution in [0, 0.1) is 5.92 Å².